The lowest BCUT2D eigenvalue weighted by Gasteiger charge is -2.29. The summed E-state index contributed by atoms with van der Waals surface area (Å²) in [7, 11) is 0. The fraction of sp³-hybridized carbons (Fsp3) is 0.632. The lowest BCUT2D eigenvalue weighted by molar-refractivity contribution is -0.117. The molecule has 1 aliphatic heterocycles. The van der Waals surface area contributed by atoms with Crippen LogP contribution in [0.5, 0.6) is 0 Å². The predicted octanol–water partition coefficient (Wildman–Crippen LogP) is 3.23. The summed E-state index contributed by atoms with van der Waals surface area (Å²) in [4.78, 5) is 14.7. The average Bonchev–Trinajstić information content (AvgIpc) is 2.91. The minimum atomic E-state index is 0. The highest BCUT2D eigenvalue weighted by atomic mass is 35.5. The Morgan fingerprint density at radius 1 is 1.29 bits per heavy atom. The lowest BCUT2D eigenvalue weighted by atomic mass is 9.78. The summed E-state index contributed by atoms with van der Waals surface area (Å²) >= 11 is 0. The smallest absolute Gasteiger partial charge is 0.238 e. The highest BCUT2D eigenvalue weighted by molar-refractivity contribution is 5.93. The molecule has 1 saturated heterocycles. The van der Waals surface area contributed by atoms with Crippen molar-refractivity contribution >= 4 is 24.0 Å². The van der Waals surface area contributed by atoms with Crippen LogP contribution in [-0.2, 0) is 4.79 Å². The number of benzene rings is 1. The summed E-state index contributed by atoms with van der Waals surface area (Å²) in [6.45, 7) is 6.78. The molecule has 3 unspecified atom stereocenters. The first-order valence-electron chi connectivity index (χ1n) is 8.91. The van der Waals surface area contributed by atoms with Gasteiger partial charge in [-0.2, -0.15) is 0 Å². The molecule has 0 spiro atoms. The molecular weight excluding hydrogens is 322 g/mol. The predicted molar refractivity (Wildman–Crippen MR) is 102 cm³/mol. The number of hydrogen-bond donors (Lipinski definition) is 2. The number of hydrogen-bond acceptors (Lipinski definition) is 3. The highest BCUT2D eigenvalue weighted by Crippen LogP contribution is 2.35. The maximum atomic E-state index is 12.4. The Labute approximate surface area is 151 Å². The van der Waals surface area contributed by atoms with Gasteiger partial charge in [-0.3, -0.25) is 9.69 Å². The second-order valence-corrected chi connectivity index (χ2v) is 7.50. The quantitative estimate of drug-likeness (QED) is 0.875. The number of para-hydroxylation sites is 1. The van der Waals surface area contributed by atoms with Gasteiger partial charge in [0.05, 0.1) is 6.54 Å². The first kappa shape index (κ1) is 19.2. The van der Waals surface area contributed by atoms with Crippen LogP contribution in [0.15, 0.2) is 24.3 Å². The molecule has 3 rings (SSSR count). The van der Waals surface area contributed by atoms with Crippen molar-refractivity contribution < 1.29 is 4.79 Å². The van der Waals surface area contributed by atoms with Crippen molar-refractivity contribution in [1.82, 2.24) is 4.90 Å². The number of halogens is 1. The Morgan fingerprint density at radius 3 is 2.75 bits per heavy atom. The number of amides is 1. The topological polar surface area (TPSA) is 58.4 Å². The number of rotatable bonds is 4. The molecule has 4 nitrogen and oxygen atoms in total. The van der Waals surface area contributed by atoms with Crippen molar-refractivity contribution in [2.75, 3.05) is 25.0 Å². The van der Waals surface area contributed by atoms with E-state index in [2.05, 4.69) is 30.1 Å². The van der Waals surface area contributed by atoms with Crippen LogP contribution in [-0.4, -0.2) is 36.5 Å². The molecule has 2 fully saturated rings. The number of nitrogens with zero attached hydrogens (tertiary/aromatic N) is 1. The van der Waals surface area contributed by atoms with Crippen LogP contribution in [0.4, 0.5) is 5.69 Å². The van der Waals surface area contributed by atoms with Crippen LogP contribution >= 0.6 is 12.4 Å². The summed E-state index contributed by atoms with van der Waals surface area (Å²) in [5.41, 5.74) is 8.40. The van der Waals surface area contributed by atoms with Gasteiger partial charge in [-0.05, 0) is 42.2 Å². The molecule has 24 heavy (non-hydrogen) atoms. The molecule has 0 aromatic heterocycles. The molecule has 5 heteroatoms. The molecule has 134 valence electrons. The highest BCUT2D eigenvalue weighted by Gasteiger charge is 2.38. The van der Waals surface area contributed by atoms with E-state index in [4.69, 9.17) is 5.73 Å². The van der Waals surface area contributed by atoms with Crippen molar-refractivity contribution in [3.8, 4) is 0 Å². The van der Waals surface area contributed by atoms with Gasteiger partial charge < -0.3 is 11.1 Å². The second-order valence-electron chi connectivity index (χ2n) is 7.50. The number of nitrogens with one attached hydrogen (secondary N) is 1. The third-order valence-electron chi connectivity index (χ3n) is 5.45. The van der Waals surface area contributed by atoms with Crippen molar-refractivity contribution in [2.24, 2.45) is 17.6 Å². The number of carbonyl (C=O) groups excluding carboxylic acids is 1. The number of anilines is 1. The monoisotopic (exact) mass is 351 g/mol. The second kappa shape index (κ2) is 8.32. The van der Waals surface area contributed by atoms with Crippen LogP contribution in [0.2, 0.25) is 0 Å². The van der Waals surface area contributed by atoms with Gasteiger partial charge in [-0.1, -0.05) is 38.5 Å². The Kier molecular flexibility index (Phi) is 6.67. The van der Waals surface area contributed by atoms with Gasteiger partial charge in [-0.15, -0.1) is 12.4 Å². The molecule has 0 radical (unpaired) electrons. The van der Waals surface area contributed by atoms with Crippen molar-refractivity contribution in [1.29, 1.82) is 0 Å². The molecule has 1 amide bonds. The van der Waals surface area contributed by atoms with E-state index >= 15 is 0 Å². The van der Waals surface area contributed by atoms with Crippen molar-refractivity contribution in [3.63, 3.8) is 0 Å². The van der Waals surface area contributed by atoms with Gasteiger partial charge in [0.15, 0.2) is 0 Å². The maximum Gasteiger partial charge on any atom is 0.238 e. The van der Waals surface area contributed by atoms with E-state index in [1.54, 1.807) is 0 Å². The SMILES string of the molecule is CC(C)c1ccccc1NC(=O)CN1CC2CCCC(N)C2C1.Cl. The van der Waals surface area contributed by atoms with Gasteiger partial charge in [0.25, 0.3) is 0 Å². The van der Waals surface area contributed by atoms with Crippen LogP contribution in [0.1, 0.15) is 44.6 Å². The molecule has 1 aromatic carbocycles. The third-order valence-corrected chi connectivity index (χ3v) is 5.45. The maximum absolute atomic E-state index is 12.4. The summed E-state index contributed by atoms with van der Waals surface area (Å²) in [6, 6.07) is 8.41. The van der Waals surface area contributed by atoms with Crippen molar-refractivity contribution in [3.05, 3.63) is 29.8 Å². The standard InChI is InChI=1S/C19H29N3O.ClH/c1-13(2)15-7-3-4-9-18(15)21-19(23)12-22-10-14-6-5-8-17(20)16(14)11-22;/h3-4,7,9,13-14,16-17H,5-6,8,10-12,20H2,1-2H3,(H,21,23);1H. The Bertz CT molecular complexity index is 563. The van der Waals surface area contributed by atoms with Crippen LogP contribution in [0.3, 0.4) is 0 Å². The van der Waals surface area contributed by atoms with E-state index in [1.165, 1.54) is 18.4 Å². The minimum absolute atomic E-state index is 0. The van der Waals surface area contributed by atoms with E-state index in [-0.39, 0.29) is 18.3 Å². The lowest BCUT2D eigenvalue weighted by Crippen LogP contribution is -2.38. The Hall–Kier alpha value is -1.10. The molecule has 3 N–H and O–H groups in total. The van der Waals surface area contributed by atoms with E-state index in [9.17, 15) is 4.79 Å². The fourth-order valence-electron chi connectivity index (χ4n) is 4.25. The number of fused-ring (bicyclic) bond motifs is 1. The molecular formula is C19H30ClN3O. The molecule has 2 aliphatic rings. The molecule has 1 heterocycles. The van der Waals surface area contributed by atoms with Crippen LogP contribution in [0.25, 0.3) is 0 Å². The summed E-state index contributed by atoms with van der Waals surface area (Å²) < 4.78 is 0. The van der Waals surface area contributed by atoms with Gasteiger partial charge in [-0.25, -0.2) is 0 Å². The van der Waals surface area contributed by atoms with Gasteiger partial charge in [0.2, 0.25) is 5.91 Å². The largest absolute Gasteiger partial charge is 0.327 e. The van der Waals surface area contributed by atoms with Gasteiger partial charge >= 0.3 is 0 Å². The molecule has 1 saturated carbocycles. The average molecular weight is 352 g/mol. The zero-order valence-corrected chi connectivity index (χ0v) is 15.5. The van der Waals surface area contributed by atoms with Crippen LogP contribution < -0.4 is 11.1 Å². The molecule has 1 aliphatic carbocycles. The van der Waals surface area contributed by atoms with Crippen molar-refractivity contribution in [2.45, 2.75) is 45.1 Å². The number of likely N-dealkylation sites (tertiary alicyclic amines) is 1. The first-order chi connectivity index (χ1) is 11.0. The zero-order chi connectivity index (χ0) is 16.4. The Balaban J connectivity index is 0.00000208. The molecule has 0 bridgehead atoms. The summed E-state index contributed by atoms with van der Waals surface area (Å²) in [5.74, 6) is 1.76. The van der Waals surface area contributed by atoms with E-state index < -0.39 is 0 Å². The van der Waals surface area contributed by atoms with E-state index in [0.717, 1.165) is 25.2 Å². The third kappa shape index (κ3) is 4.29. The van der Waals surface area contributed by atoms with E-state index in [0.29, 0.717) is 30.3 Å². The van der Waals surface area contributed by atoms with Gasteiger partial charge in [0, 0.05) is 24.8 Å². The number of carbonyl (C=O) groups is 1. The van der Waals surface area contributed by atoms with E-state index in [1.807, 2.05) is 18.2 Å². The normalized spacial score (nSPS) is 26.8. The molecule has 3 atom stereocenters. The fourth-order valence-corrected chi connectivity index (χ4v) is 4.25. The van der Waals surface area contributed by atoms with Crippen LogP contribution in [0, 0.1) is 11.8 Å². The summed E-state index contributed by atoms with van der Waals surface area (Å²) in [6.07, 6.45) is 3.65. The molecule has 1 aromatic rings. The zero-order valence-electron chi connectivity index (χ0n) is 14.7. The first-order valence-corrected chi connectivity index (χ1v) is 8.91. The Morgan fingerprint density at radius 2 is 2.04 bits per heavy atom. The minimum Gasteiger partial charge on any atom is -0.327 e. The summed E-state index contributed by atoms with van der Waals surface area (Å²) in [5, 5.41) is 3.10. The van der Waals surface area contributed by atoms with Gasteiger partial charge in [0.1, 0.15) is 0 Å². The number of nitrogens with two attached hydrogens (primary N) is 1.